The zero-order valence-corrected chi connectivity index (χ0v) is 7.66. The molecule has 0 N–H and O–H groups in total. The normalized spacial score (nSPS) is 19.8. The molecule has 4 heteroatoms. The molecule has 1 rings (SSSR count). The third-order valence-electron chi connectivity index (χ3n) is 1.90. The molecule has 0 aliphatic carbocycles. The van der Waals surface area contributed by atoms with E-state index in [1.165, 1.54) is 0 Å². The Morgan fingerprint density at radius 2 is 2.08 bits per heavy atom. The van der Waals surface area contributed by atoms with Crippen LogP contribution in [0.2, 0.25) is 0 Å². The van der Waals surface area contributed by atoms with Crippen molar-refractivity contribution >= 4 is 0 Å². The van der Waals surface area contributed by atoms with E-state index >= 15 is 0 Å². The first-order chi connectivity index (χ1) is 5.93. The van der Waals surface area contributed by atoms with E-state index in [9.17, 15) is 0 Å². The summed E-state index contributed by atoms with van der Waals surface area (Å²) in [6, 6.07) is 0. The zero-order chi connectivity index (χ0) is 8.65. The summed E-state index contributed by atoms with van der Waals surface area (Å²) in [4.78, 5) is 2.36. The second kappa shape index (κ2) is 6.37. The number of rotatable bonds is 5. The molecule has 1 fully saturated rings. The number of hydrogen-bond donors (Lipinski definition) is 0. The number of methoxy groups -OCH3 is 1. The van der Waals surface area contributed by atoms with Crippen molar-refractivity contribution in [1.82, 2.24) is 10.2 Å². The van der Waals surface area contributed by atoms with Crippen LogP contribution in [-0.4, -0.2) is 58.1 Å². The van der Waals surface area contributed by atoms with Crippen LogP contribution in [0.3, 0.4) is 0 Å². The maximum atomic E-state index is 5.19. The second-order valence-electron chi connectivity index (χ2n) is 2.83. The van der Waals surface area contributed by atoms with Crippen molar-refractivity contribution in [3.05, 3.63) is 0 Å². The molecule has 0 unspecified atom stereocenters. The Morgan fingerprint density at radius 1 is 1.33 bits per heavy atom. The van der Waals surface area contributed by atoms with Gasteiger partial charge in [-0.15, -0.1) is 0 Å². The summed E-state index contributed by atoms with van der Waals surface area (Å²) in [7, 11) is 1.64. The molecule has 1 aliphatic rings. The van der Waals surface area contributed by atoms with Crippen LogP contribution in [0.15, 0.2) is 0 Å². The smallest absolute Gasteiger partial charge is 0.146 e. The Morgan fingerprint density at radius 3 is 2.75 bits per heavy atom. The standard InChI is InChI=1S/C8H17N2O2/c1-11-8-12-7-6-10-4-2-9-3-5-10/h2-8H2,1H3. The molecular weight excluding hydrogens is 156 g/mol. The average molecular weight is 173 g/mol. The third-order valence-corrected chi connectivity index (χ3v) is 1.90. The summed E-state index contributed by atoms with van der Waals surface area (Å²) < 4.78 is 9.96. The molecular formula is C8H17N2O2. The summed E-state index contributed by atoms with van der Waals surface area (Å²) in [6.07, 6.45) is 0. The van der Waals surface area contributed by atoms with Crippen LogP contribution in [0.4, 0.5) is 0 Å². The minimum absolute atomic E-state index is 0.401. The molecule has 0 aromatic carbocycles. The molecule has 0 atom stereocenters. The van der Waals surface area contributed by atoms with Gasteiger partial charge in [-0.2, -0.15) is 0 Å². The molecule has 1 radical (unpaired) electrons. The van der Waals surface area contributed by atoms with Crippen molar-refractivity contribution in [3.8, 4) is 0 Å². The maximum absolute atomic E-state index is 5.19. The number of hydrogen-bond acceptors (Lipinski definition) is 3. The van der Waals surface area contributed by atoms with Gasteiger partial charge < -0.3 is 9.47 Å². The maximum Gasteiger partial charge on any atom is 0.146 e. The lowest BCUT2D eigenvalue weighted by atomic mass is 10.4. The Hall–Kier alpha value is -0.160. The van der Waals surface area contributed by atoms with Crippen LogP contribution in [0.25, 0.3) is 0 Å². The van der Waals surface area contributed by atoms with Crippen molar-refractivity contribution in [2.75, 3.05) is 53.2 Å². The first kappa shape index (κ1) is 9.92. The van der Waals surface area contributed by atoms with E-state index in [0.717, 1.165) is 39.3 Å². The van der Waals surface area contributed by atoms with Gasteiger partial charge in [0.2, 0.25) is 0 Å². The molecule has 0 spiro atoms. The Labute approximate surface area is 73.8 Å². The van der Waals surface area contributed by atoms with Gasteiger partial charge >= 0.3 is 0 Å². The summed E-state index contributed by atoms with van der Waals surface area (Å²) in [5.74, 6) is 0. The quantitative estimate of drug-likeness (QED) is 0.416. The highest BCUT2D eigenvalue weighted by atomic mass is 16.7. The molecule has 0 aromatic rings. The van der Waals surface area contributed by atoms with Crippen molar-refractivity contribution in [2.45, 2.75) is 0 Å². The predicted octanol–water partition coefficient (Wildman–Crippen LogP) is -0.473. The van der Waals surface area contributed by atoms with E-state index in [1.54, 1.807) is 7.11 Å². The SMILES string of the molecule is COCOCCN1CC[N]CC1. The molecule has 0 aromatic heterocycles. The van der Waals surface area contributed by atoms with Gasteiger partial charge in [0.05, 0.1) is 6.61 Å². The highest BCUT2D eigenvalue weighted by Gasteiger charge is 2.08. The van der Waals surface area contributed by atoms with Crippen molar-refractivity contribution in [1.29, 1.82) is 0 Å². The van der Waals surface area contributed by atoms with Crippen molar-refractivity contribution < 1.29 is 9.47 Å². The monoisotopic (exact) mass is 173 g/mol. The van der Waals surface area contributed by atoms with Crippen LogP contribution in [0.5, 0.6) is 0 Å². The van der Waals surface area contributed by atoms with E-state index in [4.69, 9.17) is 9.47 Å². The van der Waals surface area contributed by atoms with Gasteiger partial charge in [-0.05, 0) is 0 Å². The lowest BCUT2D eigenvalue weighted by molar-refractivity contribution is -0.0371. The van der Waals surface area contributed by atoms with Gasteiger partial charge in [0, 0.05) is 39.8 Å². The van der Waals surface area contributed by atoms with Gasteiger partial charge in [-0.3, -0.25) is 4.90 Å². The fourth-order valence-corrected chi connectivity index (χ4v) is 1.21. The molecule has 0 bridgehead atoms. The third kappa shape index (κ3) is 4.01. The molecule has 1 saturated heterocycles. The predicted molar refractivity (Wildman–Crippen MR) is 46.1 cm³/mol. The lowest BCUT2D eigenvalue weighted by Gasteiger charge is -2.25. The summed E-state index contributed by atoms with van der Waals surface area (Å²) in [5.41, 5.74) is 0. The van der Waals surface area contributed by atoms with Crippen molar-refractivity contribution in [3.63, 3.8) is 0 Å². The van der Waals surface area contributed by atoms with E-state index < -0.39 is 0 Å². The summed E-state index contributed by atoms with van der Waals surface area (Å²) in [5, 5.41) is 4.26. The lowest BCUT2D eigenvalue weighted by Crippen LogP contribution is -2.41. The highest BCUT2D eigenvalue weighted by Crippen LogP contribution is 1.92. The Kier molecular flexibility index (Phi) is 5.27. The van der Waals surface area contributed by atoms with E-state index in [0.29, 0.717) is 6.79 Å². The molecule has 1 heterocycles. The summed E-state index contributed by atoms with van der Waals surface area (Å²) >= 11 is 0. The molecule has 1 aliphatic heterocycles. The van der Waals surface area contributed by atoms with Crippen LogP contribution < -0.4 is 5.32 Å². The largest absolute Gasteiger partial charge is 0.359 e. The molecule has 0 saturated carbocycles. The fraction of sp³-hybridized carbons (Fsp3) is 1.00. The number of nitrogens with zero attached hydrogens (tertiary/aromatic N) is 2. The second-order valence-corrected chi connectivity index (χ2v) is 2.83. The van der Waals surface area contributed by atoms with E-state index in [2.05, 4.69) is 10.2 Å². The van der Waals surface area contributed by atoms with Crippen LogP contribution in [-0.2, 0) is 9.47 Å². The van der Waals surface area contributed by atoms with Crippen LogP contribution >= 0.6 is 0 Å². The molecule has 71 valence electrons. The van der Waals surface area contributed by atoms with Crippen LogP contribution in [0.1, 0.15) is 0 Å². The molecule has 0 amide bonds. The van der Waals surface area contributed by atoms with Gasteiger partial charge in [0.1, 0.15) is 6.79 Å². The highest BCUT2D eigenvalue weighted by molar-refractivity contribution is 4.66. The van der Waals surface area contributed by atoms with E-state index in [1.807, 2.05) is 0 Å². The molecule has 12 heavy (non-hydrogen) atoms. The summed E-state index contributed by atoms with van der Waals surface area (Å²) in [6.45, 7) is 6.27. The number of ether oxygens (including phenoxy) is 2. The topological polar surface area (TPSA) is 35.8 Å². The first-order valence-corrected chi connectivity index (χ1v) is 4.36. The van der Waals surface area contributed by atoms with Gasteiger partial charge in [-0.25, -0.2) is 5.32 Å². The zero-order valence-electron chi connectivity index (χ0n) is 7.66. The fourth-order valence-electron chi connectivity index (χ4n) is 1.21. The minimum atomic E-state index is 0.401. The van der Waals surface area contributed by atoms with Gasteiger partial charge in [-0.1, -0.05) is 0 Å². The minimum Gasteiger partial charge on any atom is -0.359 e. The van der Waals surface area contributed by atoms with Gasteiger partial charge in [0.15, 0.2) is 0 Å². The number of piperazine rings is 1. The first-order valence-electron chi connectivity index (χ1n) is 4.36. The van der Waals surface area contributed by atoms with Crippen molar-refractivity contribution in [2.24, 2.45) is 0 Å². The molecule has 4 nitrogen and oxygen atoms in total. The van der Waals surface area contributed by atoms with Crippen LogP contribution in [0, 0.1) is 0 Å². The average Bonchev–Trinajstić information content (AvgIpc) is 2.14. The van der Waals surface area contributed by atoms with E-state index in [-0.39, 0.29) is 0 Å². The Bertz CT molecular complexity index is 105. The van der Waals surface area contributed by atoms with Gasteiger partial charge in [0.25, 0.3) is 0 Å². The Balaban J connectivity index is 1.91.